The summed E-state index contributed by atoms with van der Waals surface area (Å²) in [5, 5.41) is 8.27. The van der Waals surface area contributed by atoms with Crippen molar-refractivity contribution in [3.05, 3.63) is 75.9 Å². The summed E-state index contributed by atoms with van der Waals surface area (Å²) in [6.45, 7) is 1.08. The summed E-state index contributed by atoms with van der Waals surface area (Å²) in [7, 11) is 0. The Morgan fingerprint density at radius 2 is 1.93 bits per heavy atom. The van der Waals surface area contributed by atoms with Crippen molar-refractivity contribution in [1.82, 2.24) is 25.1 Å². The normalized spacial score (nSPS) is 22.1. The van der Waals surface area contributed by atoms with Crippen LogP contribution in [0.2, 0.25) is 0 Å². The van der Waals surface area contributed by atoms with Crippen molar-refractivity contribution in [2.75, 3.05) is 25.0 Å². The van der Waals surface area contributed by atoms with Crippen molar-refractivity contribution in [3.8, 4) is 0 Å². The Kier molecular flexibility index (Phi) is 6.95. The van der Waals surface area contributed by atoms with Gasteiger partial charge in [-0.05, 0) is 43.4 Å². The van der Waals surface area contributed by atoms with Gasteiger partial charge < -0.3 is 20.4 Å². The number of hydrogen-bond donors (Lipinski definition) is 2. The van der Waals surface area contributed by atoms with Crippen molar-refractivity contribution >= 4 is 35.0 Å². The topological polar surface area (TPSA) is 108 Å². The molecule has 9 nitrogen and oxygen atoms in total. The van der Waals surface area contributed by atoms with Crippen LogP contribution in [0.15, 0.2) is 48.1 Å². The van der Waals surface area contributed by atoms with E-state index < -0.39 is 29.0 Å². The molecule has 0 unspecified atom stereocenters. The fourth-order valence-electron chi connectivity index (χ4n) is 6.09. The Morgan fingerprint density at radius 3 is 2.70 bits per heavy atom. The number of nitrogens with zero attached hydrogens (tertiary/aromatic N) is 4. The molecule has 0 bridgehead atoms. The molecular formula is C28H28F2N6O3S. The van der Waals surface area contributed by atoms with Gasteiger partial charge in [0.1, 0.15) is 16.9 Å². The van der Waals surface area contributed by atoms with Gasteiger partial charge in [0.2, 0.25) is 11.8 Å². The number of halogens is 2. The summed E-state index contributed by atoms with van der Waals surface area (Å²) >= 11 is 1.40. The smallest absolute Gasteiger partial charge is 0.318 e. The van der Waals surface area contributed by atoms with Crippen LogP contribution in [-0.4, -0.2) is 63.3 Å². The fraction of sp³-hybridized carbons (Fsp3) is 0.393. The number of piperidine rings is 1. The number of thiazole rings is 1. The van der Waals surface area contributed by atoms with Crippen molar-refractivity contribution in [2.45, 2.75) is 49.6 Å². The molecule has 0 saturated carbocycles. The first-order valence-electron chi connectivity index (χ1n) is 13.3. The van der Waals surface area contributed by atoms with Crippen LogP contribution in [0, 0.1) is 11.6 Å². The minimum Gasteiger partial charge on any atom is -0.334 e. The third-order valence-corrected chi connectivity index (χ3v) is 9.04. The predicted molar refractivity (Wildman–Crippen MR) is 144 cm³/mol. The molecule has 2 N–H and O–H groups in total. The van der Waals surface area contributed by atoms with Crippen LogP contribution in [0.5, 0.6) is 0 Å². The van der Waals surface area contributed by atoms with Crippen molar-refractivity contribution in [2.24, 2.45) is 0 Å². The Morgan fingerprint density at radius 1 is 1.10 bits per heavy atom. The summed E-state index contributed by atoms with van der Waals surface area (Å²) in [4.78, 5) is 51.6. The van der Waals surface area contributed by atoms with Crippen LogP contribution in [0.1, 0.15) is 47.7 Å². The monoisotopic (exact) mass is 566 g/mol. The van der Waals surface area contributed by atoms with E-state index in [4.69, 9.17) is 0 Å². The van der Waals surface area contributed by atoms with Gasteiger partial charge in [0.05, 0.1) is 12.0 Å². The largest absolute Gasteiger partial charge is 0.334 e. The van der Waals surface area contributed by atoms with Crippen LogP contribution in [0.25, 0.3) is 0 Å². The van der Waals surface area contributed by atoms with Gasteiger partial charge in [-0.3, -0.25) is 9.59 Å². The van der Waals surface area contributed by atoms with Gasteiger partial charge in [-0.1, -0.05) is 18.2 Å². The van der Waals surface area contributed by atoms with E-state index in [0.29, 0.717) is 43.2 Å². The third-order valence-electron chi connectivity index (χ3n) is 8.28. The van der Waals surface area contributed by atoms with E-state index in [1.165, 1.54) is 17.4 Å². The summed E-state index contributed by atoms with van der Waals surface area (Å²) in [6.07, 6.45) is 4.83. The number of benzene rings is 1. The van der Waals surface area contributed by atoms with E-state index in [-0.39, 0.29) is 42.9 Å². The first-order chi connectivity index (χ1) is 19.4. The van der Waals surface area contributed by atoms with E-state index in [0.717, 1.165) is 11.6 Å². The van der Waals surface area contributed by atoms with Gasteiger partial charge in [0.25, 0.3) is 0 Å². The number of nitrogens with one attached hydrogen (secondary N) is 2. The maximum Gasteiger partial charge on any atom is 0.318 e. The highest BCUT2D eigenvalue weighted by molar-refractivity contribution is 7.09. The van der Waals surface area contributed by atoms with Crippen molar-refractivity contribution < 1.29 is 23.2 Å². The Balaban J connectivity index is 1.17. The number of urea groups is 1. The molecule has 0 aliphatic carbocycles. The molecule has 2 saturated heterocycles. The zero-order valence-electron chi connectivity index (χ0n) is 21.6. The van der Waals surface area contributed by atoms with E-state index >= 15 is 0 Å². The number of anilines is 1. The molecule has 2 fully saturated rings. The molecule has 5 heterocycles. The summed E-state index contributed by atoms with van der Waals surface area (Å²) in [6, 6.07) is 6.57. The molecule has 40 heavy (non-hydrogen) atoms. The SMILES string of the molecule is O=C(N[C@@H]1CC[C@@H](c2cccc(F)c2F)CN(Cc2nccs2)C1=O)N1CCC2(CC1)C(=O)Nc1ncccc12. The van der Waals surface area contributed by atoms with Gasteiger partial charge in [0.15, 0.2) is 11.6 Å². The lowest BCUT2D eigenvalue weighted by Gasteiger charge is -2.38. The molecule has 3 aliphatic rings. The van der Waals surface area contributed by atoms with E-state index in [1.807, 2.05) is 11.4 Å². The minimum absolute atomic E-state index is 0.103. The van der Waals surface area contributed by atoms with Gasteiger partial charge in [-0.2, -0.15) is 0 Å². The quantitative estimate of drug-likeness (QED) is 0.500. The zero-order valence-corrected chi connectivity index (χ0v) is 22.4. The van der Waals surface area contributed by atoms with Crippen LogP contribution < -0.4 is 10.6 Å². The lowest BCUT2D eigenvalue weighted by Crippen LogP contribution is -2.55. The molecule has 1 aromatic carbocycles. The number of carbonyl (C=O) groups excluding carboxylic acids is 3. The second kappa shape index (κ2) is 10.6. The molecule has 208 valence electrons. The number of fused-ring (bicyclic) bond motifs is 2. The average molecular weight is 567 g/mol. The Bertz CT molecular complexity index is 1440. The number of amides is 4. The third kappa shape index (κ3) is 4.70. The van der Waals surface area contributed by atoms with Gasteiger partial charge in [-0.15, -0.1) is 11.3 Å². The summed E-state index contributed by atoms with van der Waals surface area (Å²) in [5.41, 5.74) is 0.355. The van der Waals surface area contributed by atoms with Crippen molar-refractivity contribution in [1.29, 1.82) is 0 Å². The number of hydrogen-bond acceptors (Lipinski definition) is 6. The number of likely N-dealkylation sites (tertiary alicyclic amines) is 2. The van der Waals surface area contributed by atoms with E-state index in [1.54, 1.807) is 34.3 Å². The molecule has 6 rings (SSSR count). The highest BCUT2D eigenvalue weighted by Gasteiger charge is 2.49. The molecule has 2 aromatic heterocycles. The number of pyridine rings is 1. The zero-order chi connectivity index (χ0) is 27.9. The van der Waals surface area contributed by atoms with Crippen LogP contribution in [0.3, 0.4) is 0 Å². The standard InChI is InChI=1S/C28H28F2N6O3S/c29-20-5-1-3-18(23(20)30)17-6-7-21(25(37)36(15-17)16-22-31-11-14-40-22)33-27(39)35-12-8-28(9-13-35)19-4-2-10-32-24(19)34-26(28)38/h1-5,10-11,14,17,21H,6-9,12-13,15-16H2,(H,33,39)(H,32,34,38)/t17-,21-/m1/s1. The minimum atomic E-state index is -0.929. The second-order valence-corrected chi connectivity index (χ2v) is 11.5. The van der Waals surface area contributed by atoms with Crippen LogP contribution in [-0.2, 0) is 21.5 Å². The highest BCUT2D eigenvalue weighted by atomic mass is 32.1. The fourth-order valence-corrected chi connectivity index (χ4v) is 6.72. The predicted octanol–water partition coefficient (Wildman–Crippen LogP) is 3.79. The maximum absolute atomic E-state index is 14.7. The van der Waals surface area contributed by atoms with Gasteiger partial charge in [-0.25, -0.2) is 23.5 Å². The first-order valence-corrected chi connectivity index (χ1v) is 14.2. The highest BCUT2D eigenvalue weighted by Crippen LogP contribution is 2.44. The number of rotatable bonds is 4. The lowest BCUT2D eigenvalue weighted by atomic mass is 9.74. The molecule has 1 spiro atoms. The average Bonchev–Trinajstić information content (AvgIpc) is 3.53. The molecule has 2 atom stereocenters. The van der Waals surface area contributed by atoms with Crippen molar-refractivity contribution in [3.63, 3.8) is 0 Å². The molecule has 0 radical (unpaired) electrons. The van der Waals surface area contributed by atoms with E-state index in [9.17, 15) is 23.2 Å². The second-order valence-electron chi connectivity index (χ2n) is 10.5. The molecule has 12 heteroatoms. The molecule has 3 aromatic rings. The van der Waals surface area contributed by atoms with Crippen LogP contribution >= 0.6 is 11.3 Å². The first kappa shape index (κ1) is 26.3. The number of aromatic nitrogens is 2. The molecular weight excluding hydrogens is 538 g/mol. The van der Waals surface area contributed by atoms with E-state index in [2.05, 4.69) is 20.6 Å². The summed E-state index contributed by atoms with van der Waals surface area (Å²) < 4.78 is 28.7. The molecule has 4 amide bonds. The Hall–Kier alpha value is -3.93. The van der Waals surface area contributed by atoms with Crippen LogP contribution in [0.4, 0.5) is 19.4 Å². The summed E-state index contributed by atoms with van der Waals surface area (Å²) in [5.74, 6) is -2.10. The van der Waals surface area contributed by atoms with Gasteiger partial charge >= 0.3 is 6.03 Å². The molecule has 3 aliphatic heterocycles. The van der Waals surface area contributed by atoms with Gasteiger partial charge in [0, 0.05) is 48.9 Å². The number of carbonyl (C=O) groups is 3. The Labute approximate surface area is 233 Å². The maximum atomic E-state index is 14.7. The lowest BCUT2D eigenvalue weighted by molar-refractivity contribution is -0.133.